The zero-order valence-electron chi connectivity index (χ0n) is 21.5. The standard InChI is InChI=1S/C27H26Br2N2O6S/c1-6-36-24-18(28)10-15(11-19(24)29)12-21-25(32)31-23(17-9-8-16(34-4)13-20(17)35-5)22(26(33)37-7-2)14(3)30-27(31)38-21/h8-13,23H,6-7H2,1-5H3/b21-12-/t23-/m0/s1. The van der Waals surface area contributed by atoms with Gasteiger partial charge in [0.2, 0.25) is 0 Å². The fourth-order valence-corrected chi connectivity index (χ4v) is 6.72. The molecule has 0 N–H and O–H groups in total. The molecule has 3 aromatic rings. The average Bonchev–Trinajstić information content (AvgIpc) is 3.19. The molecular weight excluding hydrogens is 640 g/mol. The minimum Gasteiger partial charge on any atom is -0.497 e. The van der Waals surface area contributed by atoms with E-state index in [9.17, 15) is 9.59 Å². The van der Waals surface area contributed by atoms with E-state index in [1.165, 1.54) is 23.0 Å². The Kier molecular flexibility index (Phi) is 8.79. The number of fused-ring (bicyclic) bond motifs is 1. The van der Waals surface area contributed by atoms with Gasteiger partial charge in [0.25, 0.3) is 5.56 Å². The van der Waals surface area contributed by atoms with Crippen LogP contribution >= 0.6 is 43.2 Å². The molecular formula is C27H26Br2N2O6S. The Morgan fingerprint density at radius 1 is 1.11 bits per heavy atom. The Labute approximate surface area is 240 Å². The molecule has 200 valence electrons. The second kappa shape index (κ2) is 11.9. The molecule has 2 aromatic carbocycles. The Morgan fingerprint density at radius 2 is 1.82 bits per heavy atom. The molecule has 1 aromatic heterocycles. The minimum atomic E-state index is -0.799. The second-order valence-electron chi connectivity index (χ2n) is 8.16. The number of rotatable bonds is 8. The van der Waals surface area contributed by atoms with Gasteiger partial charge in [0, 0.05) is 11.6 Å². The molecule has 0 amide bonds. The lowest BCUT2D eigenvalue weighted by Gasteiger charge is -2.26. The van der Waals surface area contributed by atoms with Gasteiger partial charge in [0.15, 0.2) is 4.80 Å². The van der Waals surface area contributed by atoms with Crippen LogP contribution in [-0.2, 0) is 9.53 Å². The molecule has 1 atom stereocenters. The number of hydrogen-bond donors (Lipinski definition) is 0. The molecule has 8 nitrogen and oxygen atoms in total. The fraction of sp³-hybridized carbons (Fsp3) is 0.296. The van der Waals surface area contributed by atoms with Crippen LogP contribution in [0, 0.1) is 0 Å². The monoisotopic (exact) mass is 664 g/mol. The highest BCUT2D eigenvalue weighted by Gasteiger charge is 2.35. The second-order valence-corrected chi connectivity index (χ2v) is 10.9. The number of benzene rings is 2. The lowest BCUT2D eigenvalue weighted by atomic mass is 9.95. The minimum absolute atomic E-state index is 0.188. The van der Waals surface area contributed by atoms with E-state index in [4.69, 9.17) is 18.9 Å². The number of thiazole rings is 1. The molecule has 0 spiro atoms. The normalized spacial score (nSPS) is 15.1. The summed E-state index contributed by atoms with van der Waals surface area (Å²) in [5.74, 6) is 1.21. The van der Waals surface area contributed by atoms with Crippen molar-refractivity contribution in [3.8, 4) is 17.2 Å². The van der Waals surface area contributed by atoms with Gasteiger partial charge in [0.05, 0.1) is 52.2 Å². The predicted octanol–water partition coefficient (Wildman–Crippen LogP) is 4.74. The van der Waals surface area contributed by atoms with Crippen molar-refractivity contribution in [2.45, 2.75) is 26.8 Å². The van der Waals surface area contributed by atoms with Crippen molar-refractivity contribution >= 4 is 55.2 Å². The number of esters is 1. The quantitative estimate of drug-likeness (QED) is 0.323. The van der Waals surface area contributed by atoms with Crippen LogP contribution in [0.5, 0.6) is 17.2 Å². The molecule has 1 aliphatic heterocycles. The number of carbonyl (C=O) groups excluding carboxylic acids is 1. The van der Waals surface area contributed by atoms with Crippen LogP contribution in [0.3, 0.4) is 0 Å². The number of nitrogens with zero attached hydrogens (tertiary/aromatic N) is 2. The third-order valence-electron chi connectivity index (χ3n) is 5.86. The average molecular weight is 666 g/mol. The van der Waals surface area contributed by atoms with Crippen LogP contribution in [0.4, 0.5) is 0 Å². The van der Waals surface area contributed by atoms with E-state index in [2.05, 4.69) is 36.9 Å². The maximum atomic E-state index is 13.9. The fourth-order valence-electron chi connectivity index (χ4n) is 4.23. The molecule has 0 unspecified atom stereocenters. The number of ether oxygens (including phenoxy) is 4. The third-order valence-corrected chi connectivity index (χ3v) is 8.02. The number of halogens is 2. The first kappa shape index (κ1) is 28.1. The topological polar surface area (TPSA) is 88.4 Å². The first-order valence-corrected chi connectivity index (χ1v) is 14.2. The first-order valence-electron chi connectivity index (χ1n) is 11.8. The van der Waals surface area contributed by atoms with Gasteiger partial charge >= 0.3 is 5.97 Å². The van der Waals surface area contributed by atoms with Crippen LogP contribution in [0.15, 0.2) is 60.3 Å². The van der Waals surface area contributed by atoms with Crippen molar-refractivity contribution in [2.24, 2.45) is 4.99 Å². The summed E-state index contributed by atoms with van der Waals surface area (Å²) < 4.78 is 25.6. The van der Waals surface area contributed by atoms with Crippen LogP contribution in [0.1, 0.15) is 37.9 Å². The summed E-state index contributed by atoms with van der Waals surface area (Å²) in [6, 6.07) is 8.24. The smallest absolute Gasteiger partial charge is 0.338 e. The summed E-state index contributed by atoms with van der Waals surface area (Å²) in [6.07, 6.45) is 1.79. The lowest BCUT2D eigenvalue weighted by Crippen LogP contribution is -2.40. The first-order chi connectivity index (χ1) is 18.2. The summed E-state index contributed by atoms with van der Waals surface area (Å²) >= 11 is 8.34. The molecule has 0 saturated heterocycles. The maximum absolute atomic E-state index is 13.9. The van der Waals surface area contributed by atoms with Crippen molar-refractivity contribution in [3.63, 3.8) is 0 Å². The highest BCUT2D eigenvalue weighted by molar-refractivity contribution is 9.11. The Bertz CT molecular complexity index is 1590. The molecule has 38 heavy (non-hydrogen) atoms. The predicted molar refractivity (Wildman–Crippen MR) is 153 cm³/mol. The van der Waals surface area contributed by atoms with Crippen molar-refractivity contribution in [1.82, 2.24) is 4.57 Å². The van der Waals surface area contributed by atoms with Crippen LogP contribution in [0.2, 0.25) is 0 Å². The highest BCUT2D eigenvalue weighted by atomic mass is 79.9. The lowest BCUT2D eigenvalue weighted by molar-refractivity contribution is -0.139. The molecule has 4 rings (SSSR count). The van der Waals surface area contributed by atoms with E-state index in [0.717, 1.165) is 14.5 Å². The van der Waals surface area contributed by atoms with Gasteiger partial charge < -0.3 is 18.9 Å². The zero-order chi connectivity index (χ0) is 27.6. The number of hydrogen-bond acceptors (Lipinski definition) is 8. The van der Waals surface area contributed by atoms with E-state index in [0.29, 0.717) is 44.4 Å². The van der Waals surface area contributed by atoms with Gasteiger partial charge in [-0.15, -0.1) is 0 Å². The van der Waals surface area contributed by atoms with Gasteiger partial charge in [-0.3, -0.25) is 9.36 Å². The summed E-state index contributed by atoms with van der Waals surface area (Å²) in [4.78, 5) is 32.1. The van der Waals surface area contributed by atoms with Crippen molar-refractivity contribution in [2.75, 3.05) is 27.4 Å². The SMILES string of the molecule is CCOC(=O)C1=C(C)N=c2s/c(=C\c3cc(Br)c(OCC)c(Br)c3)c(=O)n2[C@H]1c1ccc(OC)cc1OC. The summed E-state index contributed by atoms with van der Waals surface area (Å²) in [5.41, 5.74) is 1.88. The Morgan fingerprint density at radius 3 is 2.42 bits per heavy atom. The van der Waals surface area contributed by atoms with Crippen molar-refractivity contribution in [3.05, 3.63) is 81.4 Å². The van der Waals surface area contributed by atoms with Gasteiger partial charge in [-0.25, -0.2) is 9.79 Å². The highest BCUT2D eigenvalue weighted by Crippen LogP contribution is 2.38. The molecule has 0 saturated carbocycles. The molecule has 0 aliphatic carbocycles. The zero-order valence-corrected chi connectivity index (χ0v) is 25.5. The third kappa shape index (κ3) is 5.32. The molecule has 0 fully saturated rings. The molecule has 0 bridgehead atoms. The molecule has 2 heterocycles. The van der Waals surface area contributed by atoms with E-state index in [1.807, 2.05) is 19.1 Å². The van der Waals surface area contributed by atoms with Crippen LogP contribution in [-0.4, -0.2) is 38.0 Å². The van der Waals surface area contributed by atoms with Crippen LogP contribution in [0.25, 0.3) is 6.08 Å². The molecule has 11 heteroatoms. The maximum Gasteiger partial charge on any atom is 0.338 e. The number of carbonyl (C=O) groups is 1. The van der Waals surface area contributed by atoms with Gasteiger partial charge in [-0.05, 0) is 88.5 Å². The number of allylic oxidation sites excluding steroid dienone is 1. The molecule has 0 radical (unpaired) electrons. The van der Waals surface area contributed by atoms with Crippen molar-refractivity contribution in [1.29, 1.82) is 0 Å². The Balaban J connectivity index is 1.96. The molecule has 1 aliphatic rings. The Hall–Kier alpha value is -2.89. The van der Waals surface area contributed by atoms with E-state index >= 15 is 0 Å². The number of methoxy groups -OCH3 is 2. The van der Waals surface area contributed by atoms with E-state index in [1.54, 1.807) is 45.2 Å². The summed E-state index contributed by atoms with van der Waals surface area (Å²) in [6.45, 7) is 6.10. The van der Waals surface area contributed by atoms with E-state index < -0.39 is 12.0 Å². The van der Waals surface area contributed by atoms with Gasteiger partial charge in [-0.1, -0.05) is 11.3 Å². The number of aromatic nitrogens is 1. The summed E-state index contributed by atoms with van der Waals surface area (Å²) in [7, 11) is 3.09. The van der Waals surface area contributed by atoms with Crippen molar-refractivity contribution < 1.29 is 23.7 Å². The summed E-state index contributed by atoms with van der Waals surface area (Å²) in [5, 5.41) is 0. The largest absolute Gasteiger partial charge is 0.497 e. The van der Waals surface area contributed by atoms with Gasteiger partial charge in [-0.2, -0.15) is 0 Å². The van der Waals surface area contributed by atoms with E-state index in [-0.39, 0.29) is 17.7 Å². The van der Waals surface area contributed by atoms with Gasteiger partial charge in [0.1, 0.15) is 23.3 Å². The van der Waals surface area contributed by atoms with Crippen LogP contribution < -0.4 is 29.1 Å².